The molecule has 0 spiro atoms. The summed E-state index contributed by atoms with van der Waals surface area (Å²) in [6.45, 7) is 17.9. The van der Waals surface area contributed by atoms with Crippen LogP contribution in [0.3, 0.4) is 0 Å². The van der Waals surface area contributed by atoms with Crippen molar-refractivity contribution >= 4 is 0 Å². The third-order valence-corrected chi connectivity index (χ3v) is 14.0. The van der Waals surface area contributed by atoms with Gasteiger partial charge < -0.3 is 48.1 Å². The molecule has 0 fully saturated rings. The molecule has 7 heterocycles. The first-order valence-corrected chi connectivity index (χ1v) is 26.0. The summed E-state index contributed by atoms with van der Waals surface area (Å²) in [6, 6.07) is 41.3. The Morgan fingerprint density at radius 3 is 1.24 bits per heavy atom. The number of nitrogens with zero attached hydrogens (tertiary/aromatic N) is 2. The number of fused-ring (bicyclic) bond motifs is 4. The zero-order valence-corrected chi connectivity index (χ0v) is 44.7. The van der Waals surface area contributed by atoms with Crippen molar-refractivity contribution in [2.75, 3.05) is 27.3 Å². The number of aryl methyl sites for hydroxylation is 4. The molecular formula is C63H70N4O8. The van der Waals surface area contributed by atoms with Crippen LogP contribution in [0.15, 0.2) is 130 Å². The Kier molecular flexibility index (Phi) is 17.1. The van der Waals surface area contributed by atoms with Gasteiger partial charge in [-0.3, -0.25) is 0 Å². The van der Waals surface area contributed by atoms with Gasteiger partial charge in [0, 0.05) is 30.6 Å². The normalized spacial score (nSPS) is 15.2. The fourth-order valence-electron chi connectivity index (χ4n) is 9.73. The van der Waals surface area contributed by atoms with Crippen LogP contribution in [0.1, 0.15) is 107 Å². The molecular weight excluding hydrogens is 941 g/mol. The second kappa shape index (κ2) is 24.4. The van der Waals surface area contributed by atoms with Gasteiger partial charge in [-0.25, -0.2) is 0 Å². The van der Waals surface area contributed by atoms with E-state index in [1.807, 2.05) is 48.5 Å². The van der Waals surface area contributed by atoms with Crippen molar-refractivity contribution in [2.24, 2.45) is 0 Å². The molecule has 0 atom stereocenters. The van der Waals surface area contributed by atoms with E-state index >= 15 is 0 Å². The Morgan fingerprint density at radius 2 is 0.853 bits per heavy atom. The minimum atomic E-state index is -0.380. The van der Waals surface area contributed by atoms with Crippen LogP contribution in [0.5, 0.6) is 34.5 Å². The van der Waals surface area contributed by atoms with E-state index in [-0.39, 0.29) is 18.6 Å². The highest BCUT2D eigenvalue weighted by Gasteiger charge is 2.28. The molecule has 6 aromatic carbocycles. The second-order valence-electron chi connectivity index (χ2n) is 20.1. The Hall–Kier alpha value is -7.22. The third kappa shape index (κ3) is 12.8. The standard InChI is InChI=1S/C63H70N4O8/c1-41-29-49-30-42(2)61(41)72-57-17-13-15-55(68-7)59(57)53-33-51(74-66-53)39-70-37-47-23-19-45(20-24-47)35-64-27-11-9-10-12-28-65-36-46-21-25-48(26-22-46)38-71-40-52-34-54(67-75-52)60-56(69-8)16-14-18-58(60)73-62-43(3)31-50(32-44(62)4)63(49,5)6/h13-26,29-34,64-65H,9-12,27-28,35-40H2,1-8H3. The summed E-state index contributed by atoms with van der Waals surface area (Å²) in [6.07, 6.45) is 4.71. The number of ether oxygens (including phenoxy) is 6. The average molecular weight is 1010 g/mol. The van der Waals surface area contributed by atoms with Crippen molar-refractivity contribution in [3.8, 4) is 57.0 Å². The maximum absolute atomic E-state index is 6.82. The lowest BCUT2D eigenvalue weighted by molar-refractivity contribution is 0.0884. The van der Waals surface area contributed by atoms with E-state index in [9.17, 15) is 0 Å². The molecule has 5 aliphatic heterocycles. The lowest BCUT2D eigenvalue weighted by atomic mass is 9.76. The molecule has 0 radical (unpaired) electrons. The topological polar surface area (TPSA) is 132 Å². The van der Waals surface area contributed by atoms with Gasteiger partial charge in [0.1, 0.15) is 59.1 Å². The number of hydrogen-bond acceptors (Lipinski definition) is 12. The Morgan fingerprint density at radius 1 is 0.467 bits per heavy atom. The molecule has 75 heavy (non-hydrogen) atoms. The van der Waals surface area contributed by atoms with Crippen LogP contribution in [-0.2, 0) is 54.4 Å². The number of hydrogen-bond donors (Lipinski definition) is 2. The zero-order valence-electron chi connectivity index (χ0n) is 44.7. The van der Waals surface area contributed by atoms with Crippen LogP contribution < -0.4 is 29.6 Å². The van der Waals surface area contributed by atoms with E-state index in [2.05, 4.69) is 135 Å². The number of nitrogens with one attached hydrogen (secondary N) is 2. The minimum absolute atomic E-state index is 0.264. The Bertz CT molecular complexity index is 2920. The van der Waals surface area contributed by atoms with Crippen LogP contribution in [0, 0.1) is 27.7 Å². The highest BCUT2D eigenvalue weighted by molar-refractivity contribution is 5.76. The number of rotatable bonds is 2. The van der Waals surface area contributed by atoms with E-state index in [1.54, 1.807) is 14.2 Å². The maximum atomic E-state index is 6.82. The quantitative estimate of drug-likeness (QED) is 0.171. The van der Waals surface area contributed by atoms with Gasteiger partial charge in [-0.1, -0.05) is 122 Å². The van der Waals surface area contributed by atoms with Gasteiger partial charge in [0.15, 0.2) is 11.5 Å². The van der Waals surface area contributed by atoms with Crippen LogP contribution in [0.4, 0.5) is 0 Å². The van der Waals surface area contributed by atoms with E-state index < -0.39 is 0 Å². The summed E-state index contributed by atoms with van der Waals surface area (Å²) >= 11 is 0. The summed E-state index contributed by atoms with van der Waals surface area (Å²) in [5.74, 6) is 5.18. The van der Waals surface area contributed by atoms with Crippen molar-refractivity contribution < 1.29 is 37.5 Å². The van der Waals surface area contributed by atoms with Crippen molar-refractivity contribution in [3.05, 3.63) is 188 Å². The molecule has 12 nitrogen and oxygen atoms in total. The molecule has 12 bridgehead atoms. The number of benzene rings is 6. The average Bonchev–Trinajstić information content (AvgIpc) is 4.09. The van der Waals surface area contributed by atoms with Crippen molar-refractivity contribution in [3.63, 3.8) is 0 Å². The molecule has 5 aliphatic rings. The first kappa shape index (κ1) is 52.6. The van der Waals surface area contributed by atoms with Gasteiger partial charge >= 0.3 is 0 Å². The Balaban J connectivity index is 0.954. The lowest BCUT2D eigenvalue weighted by Crippen LogP contribution is -2.20. The van der Waals surface area contributed by atoms with E-state index in [4.69, 9.17) is 37.5 Å². The molecule has 0 saturated carbocycles. The molecule has 0 amide bonds. The van der Waals surface area contributed by atoms with Crippen LogP contribution >= 0.6 is 0 Å². The number of methoxy groups -OCH3 is 2. The summed E-state index contributed by atoms with van der Waals surface area (Å²) in [7, 11) is 3.29. The highest BCUT2D eigenvalue weighted by atomic mass is 16.5. The first-order valence-electron chi connectivity index (χ1n) is 26.0. The minimum Gasteiger partial charge on any atom is -0.496 e. The summed E-state index contributed by atoms with van der Waals surface area (Å²) in [4.78, 5) is 0. The van der Waals surface area contributed by atoms with Gasteiger partial charge in [0.25, 0.3) is 0 Å². The van der Waals surface area contributed by atoms with Crippen molar-refractivity contribution in [2.45, 2.75) is 112 Å². The fraction of sp³-hybridized carbons (Fsp3) is 0.333. The third-order valence-electron chi connectivity index (χ3n) is 14.0. The molecule has 12 heteroatoms. The summed E-state index contributed by atoms with van der Waals surface area (Å²) in [5, 5.41) is 16.1. The lowest BCUT2D eigenvalue weighted by Gasteiger charge is -2.29. The van der Waals surface area contributed by atoms with Crippen LogP contribution in [0.2, 0.25) is 0 Å². The summed E-state index contributed by atoms with van der Waals surface area (Å²) < 4.78 is 49.2. The molecule has 8 aromatic rings. The molecule has 13 rings (SSSR count). The predicted octanol–water partition coefficient (Wildman–Crippen LogP) is 14.3. The molecule has 2 aromatic heterocycles. The highest BCUT2D eigenvalue weighted by Crippen LogP contribution is 2.46. The van der Waals surface area contributed by atoms with Gasteiger partial charge in [0.05, 0.1) is 38.6 Å². The molecule has 0 saturated heterocycles. The summed E-state index contributed by atoms with van der Waals surface area (Å²) in [5.41, 5.74) is 13.2. The zero-order chi connectivity index (χ0) is 52.3. The van der Waals surface area contributed by atoms with Crippen molar-refractivity contribution in [1.82, 2.24) is 20.9 Å². The van der Waals surface area contributed by atoms with Crippen molar-refractivity contribution in [1.29, 1.82) is 0 Å². The van der Waals surface area contributed by atoms with Gasteiger partial charge in [0.2, 0.25) is 0 Å². The maximum Gasteiger partial charge on any atom is 0.163 e. The first-order chi connectivity index (χ1) is 36.5. The molecule has 2 N–H and O–H groups in total. The van der Waals surface area contributed by atoms with Crippen LogP contribution in [0.25, 0.3) is 22.5 Å². The van der Waals surface area contributed by atoms with Gasteiger partial charge in [-0.05, 0) is 134 Å². The largest absolute Gasteiger partial charge is 0.496 e. The molecule has 390 valence electrons. The smallest absolute Gasteiger partial charge is 0.163 e. The number of aromatic nitrogens is 2. The Labute approximate surface area is 441 Å². The SMILES string of the molecule is COc1cccc2c1-c1cc(on1)COCc1ccc(cc1)CNCCCCCCNCc1ccc(cc1)COCc1cc(no1)-c1c(OC)cccc1Oc1c(C)cc(cc1C)C(C)(C)c1cc(C)c(c(C)c1)O2. The fourth-order valence-corrected chi connectivity index (χ4v) is 9.73. The van der Waals surface area contributed by atoms with E-state index in [1.165, 1.54) is 24.0 Å². The monoisotopic (exact) mass is 1010 g/mol. The second-order valence-corrected chi connectivity index (χ2v) is 20.1. The van der Waals surface area contributed by atoms with E-state index in [0.717, 1.165) is 95.0 Å². The van der Waals surface area contributed by atoms with Gasteiger partial charge in [-0.15, -0.1) is 0 Å². The van der Waals surface area contributed by atoms with Gasteiger partial charge in [-0.2, -0.15) is 0 Å². The van der Waals surface area contributed by atoms with E-state index in [0.29, 0.717) is 70.2 Å². The predicted molar refractivity (Wildman–Crippen MR) is 293 cm³/mol. The molecule has 0 unspecified atom stereocenters. The molecule has 0 aliphatic carbocycles. The van der Waals surface area contributed by atoms with Crippen LogP contribution in [-0.4, -0.2) is 37.6 Å².